The molecule has 0 saturated heterocycles. The van der Waals surface area contributed by atoms with E-state index in [9.17, 15) is 4.79 Å². The Bertz CT molecular complexity index is 538. The lowest BCUT2D eigenvalue weighted by atomic mass is 10.2. The number of carbonyl (C=O) groups excluding carboxylic acids is 1. The fourth-order valence-corrected chi connectivity index (χ4v) is 2.83. The first-order valence-electron chi connectivity index (χ1n) is 7.78. The predicted octanol–water partition coefficient (Wildman–Crippen LogP) is 3.82. The summed E-state index contributed by atoms with van der Waals surface area (Å²) in [4.78, 5) is 14.7. The van der Waals surface area contributed by atoms with Crippen LogP contribution in [0.25, 0.3) is 0 Å². The van der Waals surface area contributed by atoms with Crippen molar-refractivity contribution in [3.63, 3.8) is 0 Å². The van der Waals surface area contributed by atoms with E-state index in [0.29, 0.717) is 11.1 Å². The van der Waals surface area contributed by atoms with Gasteiger partial charge in [-0.3, -0.25) is 4.79 Å². The maximum Gasteiger partial charge on any atom is 0.263 e. The van der Waals surface area contributed by atoms with E-state index in [1.54, 1.807) is 6.07 Å². The number of halogens is 1. The van der Waals surface area contributed by atoms with Crippen LogP contribution >= 0.6 is 11.6 Å². The monoisotopic (exact) mass is 307 g/mol. The number of benzene rings is 1. The topological polar surface area (TPSA) is 29.5 Å². The van der Waals surface area contributed by atoms with Crippen LogP contribution in [0.1, 0.15) is 38.2 Å². The molecule has 2 saturated carbocycles. The van der Waals surface area contributed by atoms with Crippen molar-refractivity contribution >= 4 is 17.5 Å². The Morgan fingerprint density at radius 1 is 1.38 bits per heavy atom. The number of amides is 1. The summed E-state index contributed by atoms with van der Waals surface area (Å²) >= 11 is 5.95. The summed E-state index contributed by atoms with van der Waals surface area (Å²) in [6.07, 6.45) is 4.38. The van der Waals surface area contributed by atoms with Crippen LogP contribution in [0.2, 0.25) is 5.02 Å². The minimum atomic E-state index is -0.441. The van der Waals surface area contributed by atoms with Crippen molar-refractivity contribution in [2.75, 3.05) is 6.54 Å². The third-order valence-electron chi connectivity index (χ3n) is 4.21. The molecule has 0 radical (unpaired) electrons. The number of ether oxygens (including phenoxy) is 1. The fourth-order valence-electron chi connectivity index (χ4n) is 2.60. The second-order valence-electron chi connectivity index (χ2n) is 6.34. The van der Waals surface area contributed by atoms with E-state index in [-0.39, 0.29) is 5.91 Å². The van der Waals surface area contributed by atoms with Gasteiger partial charge in [-0.2, -0.15) is 0 Å². The summed E-state index contributed by atoms with van der Waals surface area (Å²) in [6, 6.07) is 5.94. The lowest BCUT2D eigenvalue weighted by molar-refractivity contribution is -0.138. The van der Waals surface area contributed by atoms with Gasteiger partial charge in [0.15, 0.2) is 6.10 Å². The minimum absolute atomic E-state index is 0.124. The SMILES string of the molecule is Cc1cc(Cl)ccc1OC(C)C(=O)N(CC1CC1)C1CC1. The molecule has 0 aliphatic heterocycles. The van der Waals surface area contributed by atoms with E-state index in [1.165, 1.54) is 12.8 Å². The van der Waals surface area contributed by atoms with Crippen molar-refractivity contribution in [3.8, 4) is 5.75 Å². The molecule has 3 rings (SSSR count). The number of hydrogen-bond donors (Lipinski definition) is 0. The van der Waals surface area contributed by atoms with Gasteiger partial charge >= 0.3 is 0 Å². The van der Waals surface area contributed by atoms with E-state index in [1.807, 2.05) is 30.9 Å². The molecular weight excluding hydrogens is 286 g/mol. The van der Waals surface area contributed by atoms with Crippen LogP contribution in [0, 0.1) is 12.8 Å². The van der Waals surface area contributed by atoms with Crippen molar-refractivity contribution in [2.45, 2.75) is 51.7 Å². The molecular formula is C17H22ClNO2. The molecule has 1 atom stereocenters. The Morgan fingerprint density at radius 2 is 2.10 bits per heavy atom. The van der Waals surface area contributed by atoms with E-state index in [4.69, 9.17) is 16.3 Å². The summed E-state index contributed by atoms with van der Waals surface area (Å²) in [6.45, 7) is 4.71. The van der Waals surface area contributed by atoms with E-state index < -0.39 is 6.10 Å². The number of nitrogens with zero attached hydrogens (tertiary/aromatic N) is 1. The molecule has 114 valence electrons. The first-order valence-corrected chi connectivity index (χ1v) is 8.15. The number of aryl methyl sites for hydroxylation is 1. The predicted molar refractivity (Wildman–Crippen MR) is 83.7 cm³/mol. The smallest absolute Gasteiger partial charge is 0.263 e. The van der Waals surface area contributed by atoms with Crippen molar-refractivity contribution in [1.29, 1.82) is 0 Å². The molecule has 3 nitrogen and oxygen atoms in total. The molecule has 0 spiro atoms. The second kappa shape index (κ2) is 5.88. The van der Waals surface area contributed by atoms with Crippen molar-refractivity contribution in [2.24, 2.45) is 5.92 Å². The summed E-state index contributed by atoms with van der Waals surface area (Å²) in [5.41, 5.74) is 0.960. The van der Waals surface area contributed by atoms with E-state index in [2.05, 4.69) is 0 Å². The van der Waals surface area contributed by atoms with Gasteiger partial charge < -0.3 is 9.64 Å². The zero-order valence-electron chi connectivity index (χ0n) is 12.6. The number of carbonyl (C=O) groups is 1. The Balaban J connectivity index is 1.65. The van der Waals surface area contributed by atoms with Gasteiger partial charge in [0.25, 0.3) is 5.91 Å². The van der Waals surface area contributed by atoms with Crippen LogP contribution < -0.4 is 4.74 Å². The third kappa shape index (κ3) is 3.70. The molecule has 21 heavy (non-hydrogen) atoms. The Hall–Kier alpha value is -1.22. The van der Waals surface area contributed by atoms with Gasteiger partial charge in [0.2, 0.25) is 0 Å². The van der Waals surface area contributed by atoms with Crippen molar-refractivity contribution in [1.82, 2.24) is 4.90 Å². The highest BCUT2D eigenvalue weighted by atomic mass is 35.5. The molecule has 1 aromatic carbocycles. The molecule has 2 aliphatic rings. The van der Waals surface area contributed by atoms with E-state index >= 15 is 0 Å². The van der Waals surface area contributed by atoms with Gasteiger partial charge in [0, 0.05) is 17.6 Å². The van der Waals surface area contributed by atoms with Crippen LogP contribution in [0.4, 0.5) is 0 Å². The van der Waals surface area contributed by atoms with Gasteiger partial charge in [0.05, 0.1) is 0 Å². The van der Waals surface area contributed by atoms with Crippen LogP contribution in [0.15, 0.2) is 18.2 Å². The van der Waals surface area contributed by atoms with Crippen LogP contribution in [-0.4, -0.2) is 29.5 Å². The molecule has 2 fully saturated rings. The number of rotatable bonds is 6. The molecule has 1 unspecified atom stereocenters. The molecule has 0 N–H and O–H groups in total. The average molecular weight is 308 g/mol. The molecule has 0 heterocycles. The minimum Gasteiger partial charge on any atom is -0.481 e. The Kier molecular flexibility index (Phi) is 4.12. The van der Waals surface area contributed by atoms with Gasteiger partial charge in [-0.1, -0.05) is 11.6 Å². The van der Waals surface area contributed by atoms with Gasteiger partial charge in [-0.15, -0.1) is 0 Å². The Morgan fingerprint density at radius 3 is 2.67 bits per heavy atom. The highest BCUT2D eigenvalue weighted by molar-refractivity contribution is 6.30. The summed E-state index contributed by atoms with van der Waals surface area (Å²) in [5, 5.41) is 0.687. The fraction of sp³-hybridized carbons (Fsp3) is 0.588. The molecule has 2 aliphatic carbocycles. The highest BCUT2D eigenvalue weighted by Crippen LogP contribution is 2.35. The van der Waals surface area contributed by atoms with Crippen molar-refractivity contribution in [3.05, 3.63) is 28.8 Å². The van der Waals surface area contributed by atoms with E-state index in [0.717, 1.165) is 36.6 Å². The zero-order chi connectivity index (χ0) is 15.0. The van der Waals surface area contributed by atoms with Crippen LogP contribution in [-0.2, 0) is 4.79 Å². The molecule has 0 bridgehead atoms. The summed E-state index contributed by atoms with van der Waals surface area (Å²) < 4.78 is 5.87. The molecule has 1 amide bonds. The lowest BCUT2D eigenvalue weighted by Crippen LogP contribution is -2.43. The largest absolute Gasteiger partial charge is 0.481 e. The van der Waals surface area contributed by atoms with Crippen molar-refractivity contribution < 1.29 is 9.53 Å². The van der Waals surface area contributed by atoms with Gasteiger partial charge in [-0.05, 0) is 69.2 Å². The standard InChI is InChI=1S/C17H22ClNO2/c1-11-9-14(18)5-8-16(11)21-12(2)17(20)19(15-6-7-15)10-13-3-4-13/h5,8-9,12-13,15H,3-4,6-7,10H2,1-2H3. The maximum atomic E-state index is 12.6. The average Bonchev–Trinajstić information content (AvgIpc) is 3.31. The van der Waals surface area contributed by atoms with Crippen LogP contribution in [0.3, 0.4) is 0 Å². The molecule has 0 aromatic heterocycles. The summed E-state index contributed by atoms with van der Waals surface area (Å²) in [7, 11) is 0. The third-order valence-corrected chi connectivity index (χ3v) is 4.45. The lowest BCUT2D eigenvalue weighted by Gasteiger charge is -2.26. The van der Waals surface area contributed by atoms with Crippen LogP contribution in [0.5, 0.6) is 5.75 Å². The normalized spacial score (nSPS) is 19.2. The first kappa shape index (κ1) is 14.7. The first-order chi connectivity index (χ1) is 10.0. The Labute approximate surface area is 131 Å². The quantitative estimate of drug-likeness (QED) is 0.799. The molecule has 1 aromatic rings. The zero-order valence-corrected chi connectivity index (χ0v) is 13.4. The molecule has 4 heteroatoms. The van der Waals surface area contributed by atoms with Gasteiger partial charge in [-0.25, -0.2) is 0 Å². The summed E-state index contributed by atoms with van der Waals surface area (Å²) in [5.74, 6) is 1.58. The maximum absolute atomic E-state index is 12.6. The second-order valence-corrected chi connectivity index (χ2v) is 6.77. The highest BCUT2D eigenvalue weighted by Gasteiger charge is 2.38. The number of hydrogen-bond acceptors (Lipinski definition) is 2. The van der Waals surface area contributed by atoms with Gasteiger partial charge in [0.1, 0.15) is 5.75 Å².